The zero-order valence-electron chi connectivity index (χ0n) is 9.97. The molecule has 3 rings (SSSR count). The maximum absolute atomic E-state index is 2.61. The third-order valence-corrected chi connectivity index (χ3v) is 5.79. The molecule has 80 valence electrons. The van der Waals surface area contributed by atoms with Gasteiger partial charge in [-0.05, 0) is 60.7 Å². The van der Waals surface area contributed by atoms with Crippen molar-refractivity contribution < 1.29 is 0 Å². The molecule has 0 nitrogen and oxygen atoms in total. The lowest BCUT2D eigenvalue weighted by Gasteiger charge is -2.32. The zero-order valence-corrected chi connectivity index (χ0v) is 9.97. The van der Waals surface area contributed by atoms with Crippen molar-refractivity contribution in [3.05, 3.63) is 0 Å². The smallest absolute Gasteiger partial charge is 0.0266 e. The van der Waals surface area contributed by atoms with Crippen molar-refractivity contribution in [3.63, 3.8) is 0 Å². The summed E-state index contributed by atoms with van der Waals surface area (Å²) in [5, 5.41) is 0. The lowest BCUT2D eigenvalue weighted by molar-refractivity contribution is 0.165. The average Bonchev–Trinajstić information content (AvgIpc) is 2.60. The van der Waals surface area contributed by atoms with E-state index in [-0.39, 0.29) is 0 Å². The van der Waals surface area contributed by atoms with E-state index in [4.69, 9.17) is 0 Å². The van der Waals surface area contributed by atoms with Crippen LogP contribution in [0.1, 0.15) is 59.3 Å². The lowest BCUT2D eigenvalue weighted by Crippen LogP contribution is -2.25. The summed E-state index contributed by atoms with van der Waals surface area (Å²) < 4.78 is 0. The predicted octanol–water partition coefficient (Wildman–Crippen LogP) is 4.25. The summed E-state index contributed by atoms with van der Waals surface area (Å²) in [5.41, 5.74) is 1.42. The third kappa shape index (κ3) is 1.06. The Morgan fingerprint density at radius 1 is 1.07 bits per heavy atom. The van der Waals surface area contributed by atoms with E-state index in [0.29, 0.717) is 5.41 Å². The van der Waals surface area contributed by atoms with Crippen LogP contribution in [0.3, 0.4) is 0 Å². The Labute approximate surface area is 88.5 Å². The normalized spacial score (nSPS) is 54.6. The van der Waals surface area contributed by atoms with E-state index < -0.39 is 0 Å². The standard InChI is InChI=1S/C14H24/c1-13(2)8-10-7-11-5-4-6-14(11,3)12(10)9-13/h10-12H,4-9H2,1-3H3. The van der Waals surface area contributed by atoms with Crippen molar-refractivity contribution >= 4 is 0 Å². The van der Waals surface area contributed by atoms with E-state index in [0.717, 1.165) is 23.2 Å². The van der Waals surface area contributed by atoms with E-state index >= 15 is 0 Å². The number of hydrogen-bond acceptors (Lipinski definition) is 0. The summed E-state index contributed by atoms with van der Waals surface area (Å²) in [5.74, 6) is 3.29. The maximum atomic E-state index is 2.61. The second-order valence-corrected chi connectivity index (χ2v) is 7.27. The van der Waals surface area contributed by atoms with Gasteiger partial charge in [0.25, 0.3) is 0 Å². The zero-order chi connectivity index (χ0) is 9.97. The van der Waals surface area contributed by atoms with Crippen LogP contribution < -0.4 is 0 Å². The molecule has 0 bridgehead atoms. The summed E-state index contributed by atoms with van der Waals surface area (Å²) in [4.78, 5) is 0. The molecule has 0 radical (unpaired) electrons. The van der Waals surface area contributed by atoms with Crippen LogP contribution in [0.2, 0.25) is 0 Å². The summed E-state index contributed by atoms with van der Waals surface area (Å²) in [6.45, 7) is 7.58. The first-order chi connectivity index (χ1) is 6.51. The molecule has 0 aromatic rings. The van der Waals surface area contributed by atoms with E-state index in [1.807, 2.05) is 0 Å². The highest BCUT2D eigenvalue weighted by Crippen LogP contribution is 2.67. The second kappa shape index (κ2) is 2.57. The summed E-state index contributed by atoms with van der Waals surface area (Å²) in [7, 11) is 0. The average molecular weight is 192 g/mol. The highest BCUT2D eigenvalue weighted by molar-refractivity contribution is 5.07. The molecule has 14 heavy (non-hydrogen) atoms. The molecule has 0 aliphatic heterocycles. The van der Waals surface area contributed by atoms with Gasteiger partial charge in [0.1, 0.15) is 0 Å². The van der Waals surface area contributed by atoms with Gasteiger partial charge >= 0.3 is 0 Å². The SMILES string of the molecule is CC1(C)CC2CC3CCCC3(C)C2C1. The fourth-order valence-corrected chi connectivity index (χ4v) is 5.22. The Balaban J connectivity index is 1.89. The Morgan fingerprint density at radius 3 is 2.64 bits per heavy atom. The van der Waals surface area contributed by atoms with E-state index in [1.54, 1.807) is 12.8 Å². The van der Waals surface area contributed by atoms with Crippen LogP contribution in [-0.4, -0.2) is 0 Å². The molecule has 3 saturated carbocycles. The third-order valence-electron chi connectivity index (χ3n) is 5.79. The first-order valence-electron chi connectivity index (χ1n) is 6.51. The molecule has 3 aliphatic carbocycles. The Hall–Kier alpha value is 0. The van der Waals surface area contributed by atoms with Gasteiger partial charge in [-0.3, -0.25) is 0 Å². The van der Waals surface area contributed by atoms with Crippen LogP contribution in [0, 0.1) is 28.6 Å². The van der Waals surface area contributed by atoms with Crippen LogP contribution in [-0.2, 0) is 0 Å². The highest BCUT2D eigenvalue weighted by Gasteiger charge is 2.58. The molecular weight excluding hydrogens is 168 g/mol. The van der Waals surface area contributed by atoms with E-state index in [2.05, 4.69) is 20.8 Å². The predicted molar refractivity (Wildman–Crippen MR) is 60.1 cm³/mol. The number of hydrogen-bond donors (Lipinski definition) is 0. The molecule has 0 heteroatoms. The highest BCUT2D eigenvalue weighted by atomic mass is 14.6. The number of rotatable bonds is 0. The molecule has 0 heterocycles. The molecule has 0 N–H and O–H groups in total. The van der Waals surface area contributed by atoms with E-state index in [9.17, 15) is 0 Å². The van der Waals surface area contributed by atoms with Gasteiger partial charge in [0.2, 0.25) is 0 Å². The molecule has 0 aromatic heterocycles. The fraction of sp³-hybridized carbons (Fsp3) is 1.00. The first kappa shape index (κ1) is 9.24. The van der Waals surface area contributed by atoms with Gasteiger partial charge < -0.3 is 0 Å². The van der Waals surface area contributed by atoms with Crippen LogP contribution in [0.5, 0.6) is 0 Å². The van der Waals surface area contributed by atoms with Crippen LogP contribution in [0.15, 0.2) is 0 Å². The Morgan fingerprint density at radius 2 is 1.86 bits per heavy atom. The first-order valence-corrected chi connectivity index (χ1v) is 6.51. The van der Waals surface area contributed by atoms with Gasteiger partial charge in [-0.15, -0.1) is 0 Å². The van der Waals surface area contributed by atoms with Crippen molar-refractivity contribution in [2.24, 2.45) is 28.6 Å². The van der Waals surface area contributed by atoms with Crippen molar-refractivity contribution in [1.82, 2.24) is 0 Å². The van der Waals surface area contributed by atoms with E-state index in [1.165, 1.54) is 25.7 Å². The quantitative estimate of drug-likeness (QED) is 0.538. The van der Waals surface area contributed by atoms with Gasteiger partial charge in [0, 0.05) is 0 Å². The summed E-state index contributed by atoms with van der Waals surface area (Å²) >= 11 is 0. The number of fused-ring (bicyclic) bond motifs is 3. The molecule has 0 aromatic carbocycles. The minimum atomic E-state index is 0.659. The van der Waals surface area contributed by atoms with Gasteiger partial charge in [0.05, 0.1) is 0 Å². The van der Waals surface area contributed by atoms with Gasteiger partial charge in [-0.2, -0.15) is 0 Å². The summed E-state index contributed by atoms with van der Waals surface area (Å²) in [6.07, 6.45) is 9.21. The molecule has 0 amide bonds. The minimum Gasteiger partial charge on any atom is -0.0599 e. The van der Waals surface area contributed by atoms with Gasteiger partial charge in [-0.25, -0.2) is 0 Å². The topological polar surface area (TPSA) is 0 Å². The van der Waals surface area contributed by atoms with Crippen molar-refractivity contribution in [1.29, 1.82) is 0 Å². The van der Waals surface area contributed by atoms with Gasteiger partial charge in [0.15, 0.2) is 0 Å². The molecule has 0 saturated heterocycles. The summed E-state index contributed by atoms with van der Waals surface area (Å²) in [6, 6.07) is 0. The largest absolute Gasteiger partial charge is 0.0599 e. The monoisotopic (exact) mass is 192 g/mol. The Kier molecular flexibility index (Phi) is 1.70. The van der Waals surface area contributed by atoms with Crippen molar-refractivity contribution in [2.75, 3.05) is 0 Å². The van der Waals surface area contributed by atoms with Crippen molar-refractivity contribution in [2.45, 2.75) is 59.3 Å². The molecule has 4 unspecified atom stereocenters. The molecule has 3 aliphatic rings. The van der Waals surface area contributed by atoms with Crippen LogP contribution in [0.25, 0.3) is 0 Å². The van der Waals surface area contributed by atoms with Crippen LogP contribution >= 0.6 is 0 Å². The van der Waals surface area contributed by atoms with Crippen molar-refractivity contribution in [3.8, 4) is 0 Å². The van der Waals surface area contributed by atoms with Gasteiger partial charge in [-0.1, -0.05) is 27.2 Å². The maximum Gasteiger partial charge on any atom is -0.0266 e. The molecule has 0 spiro atoms. The Bertz CT molecular complexity index is 253. The fourth-order valence-electron chi connectivity index (χ4n) is 5.22. The molecule has 4 atom stereocenters. The second-order valence-electron chi connectivity index (χ2n) is 7.27. The minimum absolute atomic E-state index is 0.659. The molecule has 3 fully saturated rings. The molecular formula is C14H24. The van der Waals surface area contributed by atoms with Crippen LogP contribution in [0.4, 0.5) is 0 Å². The lowest BCUT2D eigenvalue weighted by atomic mass is 9.72.